The molecule has 150 valence electrons. The second-order valence-electron chi connectivity index (χ2n) is 6.70. The van der Waals surface area contributed by atoms with Gasteiger partial charge < -0.3 is 4.90 Å². The van der Waals surface area contributed by atoms with Gasteiger partial charge in [-0.25, -0.2) is 4.39 Å². The van der Waals surface area contributed by atoms with Crippen molar-refractivity contribution in [1.29, 1.82) is 0 Å². The number of carbonyl (C=O) groups is 1. The highest BCUT2D eigenvalue weighted by atomic mass is 35.5. The molecule has 2 aromatic rings. The molecule has 0 aliphatic carbocycles. The van der Waals surface area contributed by atoms with Crippen LogP contribution in [0.4, 0.5) is 10.1 Å². The van der Waals surface area contributed by atoms with E-state index in [4.69, 9.17) is 11.6 Å². The summed E-state index contributed by atoms with van der Waals surface area (Å²) in [4.78, 5) is 27.1. The topological polar surface area (TPSA) is 84.5 Å². The summed E-state index contributed by atoms with van der Waals surface area (Å²) in [5.74, 6) is -0.464. The predicted octanol–water partition coefficient (Wildman–Crippen LogP) is 2.88. The minimum Gasteiger partial charge on any atom is -0.338 e. The minimum absolute atomic E-state index is 0.0973. The molecular weight excluding hydrogens is 389 g/mol. The van der Waals surface area contributed by atoms with E-state index < -0.39 is 11.0 Å². The van der Waals surface area contributed by atoms with Crippen molar-refractivity contribution in [3.63, 3.8) is 0 Å². The van der Waals surface area contributed by atoms with E-state index in [9.17, 15) is 19.3 Å². The van der Waals surface area contributed by atoms with Gasteiger partial charge in [-0.2, -0.15) is 5.10 Å². The molecule has 0 N–H and O–H groups in total. The first-order valence-electron chi connectivity index (χ1n) is 9.02. The second-order valence-corrected chi connectivity index (χ2v) is 7.10. The maximum atomic E-state index is 13.2. The Morgan fingerprint density at radius 2 is 2.07 bits per heavy atom. The highest BCUT2D eigenvalue weighted by Crippen LogP contribution is 2.22. The van der Waals surface area contributed by atoms with E-state index in [2.05, 4.69) is 10.00 Å². The number of aromatic nitrogens is 2. The molecule has 1 saturated heterocycles. The van der Waals surface area contributed by atoms with Crippen LogP contribution < -0.4 is 0 Å². The number of rotatable bonds is 6. The van der Waals surface area contributed by atoms with E-state index in [0.29, 0.717) is 44.2 Å². The summed E-state index contributed by atoms with van der Waals surface area (Å²) in [6, 6.07) is 3.79. The van der Waals surface area contributed by atoms with E-state index in [1.54, 1.807) is 11.0 Å². The zero-order chi connectivity index (χ0) is 20.3. The fourth-order valence-electron chi connectivity index (χ4n) is 3.30. The minimum atomic E-state index is -0.563. The summed E-state index contributed by atoms with van der Waals surface area (Å²) in [6.45, 7) is 4.84. The first kappa shape index (κ1) is 20.2. The Kier molecular flexibility index (Phi) is 6.25. The first-order valence-corrected chi connectivity index (χ1v) is 9.40. The van der Waals surface area contributed by atoms with E-state index in [0.717, 1.165) is 11.8 Å². The van der Waals surface area contributed by atoms with Crippen LogP contribution in [-0.2, 0) is 11.3 Å². The van der Waals surface area contributed by atoms with Crippen molar-refractivity contribution in [3.8, 4) is 0 Å². The Morgan fingerprint density at radius 1 is 1.36 bits per heavy atom. The maximum absolute atomic E-state index is 13.2. The van der Waals surface area contributed by atoms with Crippen LogP contribution in [0.1, 0.15) is 24.9 Å². The smallest absolute Gasteiger partial charge is 0.307 e. The summed E-state index contributed by atoms with van der Waals surface area (Å²) in [7, 11) is 0. The van der Waals surface area contributed by atoms with Gasteiger partial charge in [-0.15, -0.1) is 0 Å². The quantitative estimate of drug-likeness (QED) is 0.541. The standard InChI is InChI=1S/C18H21ClFN5O3/c1-2-17(24-12-15(10-21-24)25(27)28)18(26)23-7-5-22(6-8-23)11-13-3-4-14(20)9-16(13)19/h3-4,9-10,12,17H,2,5-8,11H2,1H3. The van der Waals surface area contributed by atoms with Crippen LogP contribution in [0, 0.1) is 15.9 Å². The van der Waals surface area contributed by atoms with Gasteiger partial charge in [0.1, 0.15) is 24.3 Å². The molecule has 0 radical (unpaired) electrons. The third-order valence-corrected chi connectivity index (χ3v) is 5.23. The number of hydrogen-bond acceptors (Lipinski definition) is 5. The first-order chi connectivity index (χ1) is 13.4. The summed E-state index contributed by atoms with van der Waals surface area (Å²) in [5.41, 5.74) is 0.713. The second kappa shape index (κ2) is 8.66. The van der Waals surface area contributed by atoms with Crippen LogP contribution in [0.25, 0.3) is 0 Å². The zero-order valence-corrected chi connectivity index (χ0v) is 16.2. The molecule has 0 saturated carbocycles. The summed E-state index contributed by atoms with van der Waals surface area (Å²) < 4.78 is 14.5. The van der Waals surface area contributed by atoms with Crippen LogP contribution in [-0.4, -0.2) is 56.6 Å². The summed E-state index contributed by atoms with van der Waals surface area (Å²) >= 11 is 6.09. The lowest BCUT2D eigenvalue weighted by atomic mass is 10.1. The number of nitro groups is 1. The van der Waals surface area contributed by atoms with Crippen molar-refractivity contribution < 1.29 is 14.1 Å². The van der Waals surface area contributed by atoms with Crippen LogP contribution in [0.3, 0.4) is 0 Å². The molecule has 1 aromatic heterocycles. The van der Waals surface area contributed by atoms with E-state index in [-0.39, 0.29) is 17.4 Å². The Morgan fingerprint density at radius 3 is 2.64 bits per heavy atom. The summed E-state index contributed by atoms with van der Waals surface area (Å²) in [6.07, 6.45) is 2.93. The Balaban J connectivity index is 1.59. The molecule has 1 atom stereocenters. The number of benzene rings is 1. The Labute approximate surface area is 166 Å². The third kappa shape index (κ3) is 4.48. The molecule has 1 aliphatic heterocycles. The van der Waals surface area contributed by atoms with Crippen LogP contribution in [0.5, 0.6) is 0 Å². The van der Waals surface area contributed by atoms with Gasteiger partial charge in [0.25, 0.3) is 0 Å². The molecule has 10 heteroatoms. The zero-order valence-electron chi connectivity index (χ0n) is 15.4. The summed E-state index contributed by atoms with van der Waals surface area (Å²) in [5, 5.41) is 15.2. The van der Waals surface area contributed by atoms with Crippen molar-refractivity contribution in [3.05, 3.63) is 57.1 Å². The fraction of sp³-hybridized carbons (Fsp3) is 0.444. The van der Waals surface area contributed by atoms with Gasteiger partial charge in [0.15, 0.2) is 0 Å². The van der Waals surface area contributed by atoms with Gasteiger partial charge in [-0.1, -0.05) is 24.6 Å². The molecular formula is C18H21ClFN5O3. The Bertz CT molecular complexity index is 867. The van der Waals surface area contributed by atoms with Crippen molar-refractivity contribution in [2.24, 2.45) is 0 Å². The van der Waals surface area contributed by atoms with Crippen LogP contribution >= 0.6 is 11.6 Å². The molecule has 28 heavy (non-hydrogen) atoms. The van der Waals surface area contributed by atoms with Gasteiger partial charge in [0.05, 0.1) is 4.92 Å². The molecule has 0 spiro atoms. The van der Waals surface area contributed by atoms with Crippen LogP contribution in [0.2, 0.25) is 5.02 Å². The Hall–Kier alpha value is -2.52. The van der Waals surface area contributed by atoms with Crippen LogP contribution in [0.15, 0.2) is 30.6 Å². The lowest BCUT2D eigenvalue weighted by Crippen LogP contribution is -2.50. The lowest BCUT2D eigenvalue weighted by Gasteiger charge is -2.36. The molecule has 8 nitrogen and oxygen atoms in total. The SMILES string of the molecule is CCC(C(=O)N1CCN(Cc2ccc(F)cc2Cl)CC1)n1cc([N+](=O)[O-])cn1. The number of halogens is 2. The van der Waals surface area contributed by atoms with E-state index >= 15 is 0 Å². The lowest BCUT2D eigenvalue weighted by molar-refractivity contribution is -0.385. The van der Waals surface area contributed by atoms with E-state index in [1.807, 2.05) is 6.92 Å². The maximum Gasteiger partial charge on any atom is 0.307 e. The average molecular weight is 410 g/mol. The molecule has 1 amide bonds. The van der Waals surface area contributed by atoms with E-state index in [1.165, 1.54) is 23.0 Å². The monoisotopic (exact) mass is 409 g/mol. The molecule has 0 bridgehead atoms. The molecule has 1 fully saturated rings. The van der Waals surface area contributed by atoms with Gasteiger partial charge in [0, 0.05) is 37.7 Å². The number of amides is 1. The predicted molar refractivity (Wildman–Crippen MR) is 101 cm³/mol. The number of hydrogen-bond donors (Lipinski definition) is 0. The van der Waals surface area contributed by atoms with Crippen molar-refractivity contribution in [2.75, 3.05) is 26.2 Å². The highest BCUT2D eigenvalue weighted by molar-refractivity contribution is 6.31. The van der Waals surface area contributed by atoms with Crippen molar-refractivity contribution >= 4 is 23.2 Å². The van der Waals surface area contributed by atoms with Gasteiger partial charge in [-0.3, -0.25) is 24.5 Å². The normalized spacial score (nSPS) is 16.2. The fourth-order valence-corrected chi connectivity index (χ4v) is 3.52. The molecule has 3 rings (SSSR count). The molecule has 1 aliphatic rings. The average Bonchev–Trinajstić information content (AvgIpc) is 3.15. The number of carbonyl (C=O) groups excluding carboxylic acids is 1. The highest BCUT2D eigenvalue weighted by Gasteiger charge is 2.29. The van der Waals surface area contributed by atoms with Gasteiger partial charge in [0.2, 0.25) is 5.91 Å². The van der Waals surface area contributed by atoms with Crippen molar-refractivity contribution in [1.82, 2.24) is 19.6 Å². The largest absolute Gasteiger partial charge is 0.338 e. The van der Waals surface area contributed by atoms with Gasteiger partial charge in [-0.05, 0) is 24.1 Å². The molecule has 1 aromatic carbocycles. The molecule has 2 heterocycles. The third-order valence-electron chi connectivity index (χ3n) is 4.88. The van der Waals surface area contributed by atoms with Gasteiger partial charge >= 0.3 is 5.69 Å². The number of piperazine rings is 1. The molecule has 1 unspecified atom stereocenters. The number of nitrogens with zero attached hydrogens (tertiary/aromatic N) is 5. The van der Waals surface area contributed by atoms with Crippen molar-refractivity contribution in [2.45, 2.75) is 25.9 Å².